The summed E-state index contributed by atoms with van der Waals surface area (Å²) in [5.41, 5.74) is -0.0292. The van der Waals surface area contributed by atoms with E-state index in [0.29, 0.717) is 22.5 Å². The smallest absolute Gasteiger partial charge is 0.167 e. The van der Waals surface area contributed by atoms with Crippen molar-refractivity contribution in [2.24, 2.45) is 16.7 Å². The monoisotopic (exact) mass is 397 g/mol. The second kappa shape index (κ2) is 6.64. The summed E-state index contributed by atoms with van der Waals surface area (Å²) in [6.45, 7) is 7.69. The van der Waals surface area contributed by atoms with Crippen LogP contribution in [0.15, 0.2) is 12.3 Å². The highest BCUT2D eigenvalue weighted by Crippen LogP contribution is 2.64. The minimum Gasteiger partial charge on any atom is -0.352 e. The van der Waals surface area contributed by atoms with E-state index in [0.717, 1.165) is 44.8 Å². The van der Waals surface area contributed by atoms with Crippen molar-refractivity contribution < 1.29 is 9.18 Å². The number of Topliss-reactive ketones (excluding diaryl/α,β-unsaturated/α-hetero) is 1. The van der Waals surface area contributed by atoms with Crippen LogP contribution in [0.2, 0.25) is 5.02 Å². The molecule has 3 fully saturated rings. The van der Waals surface area contributed by atoms with Crippen LogP contribution in [-0.2, 0) is 4.79 Å². The molecule has 3 aliphatic rings. The SMILES string of the molecule is CC1(C)[C@@H]2CC[C@@]1(CSN1CCN(c3ncc(Cl)cc3F)CC1)C(=O)C2. The quantitative estimate of drug-likeness (QED) is 0.716. The van der Waals surface area contributed by atoms with Gasteiger partial charge in [-0.15, -0.1) is 0 Å². The van der Waals surface area contributed by atoms with Gasteiger partial charge in [-0.25, -0.2) is 13.7 Å². The molecule has 0 N–H and O–H groups in total. The van der Waals surface area contributed by atoms with Crippen LogP contribution in [0.1, 0.15) is 33.1 Å². The van der Waals surface area contributed by atoms with Gasteiger partial charge in [-0.2, -0.15) is 0 Å². The molecular formula is C19H25ClFN3OS. The van der Waals surface area contributed by atoms with Gasteiger partial charge in [0.15, 0.2) is 11.6 Å². The number of ketones is 1. The summed E-state index contributed by atoms with van der Waals surface area (Å²) in [5.74, 6) is 1.92. The van der Waals surface area contributed by atoms with Crippen LogP contribution in [0.3, 0.4) is 0 Å². The summed E-state index contributed by atoms with van der Waals surface area (Å²) in [6, 6.07) is 1.31. The molecule has 26 heavy (non-hydrogen) atoms. The lowest BCUT2D eigenvalue weighted by atomic mass is 9.70. The summed E-state index contributed by atoms with van der Waals surface area (Å²) >= 11 is 7.59. The van der Waals surface area contributed by atoms with E-state index in [2.05, 4.69) is 23.1 Å². The third-order valence-electron chi connectivity index (χ3n) is 6.96. The van der Waals surface area contributed by atoms with Gasteiger partial charge in [0.2, 0.25) is 0 Å². The molecule has 0 spiro atoms. The molecule has 4 nitrogen and oxygen atoms in total. The number of hydrogen-bond acceptors (Lipinski definition) is 5. The van der Waals surface area contributed by atoms with Gasteiger partial charge in [-0.05, 0) is 30.2 Å². The van der Waals surface area contributed by atoms with Crippen LogP contribution in [-0.4, -0.2) is 47.0 Å². The molecule has 2 heterocycles. The van der Waals surface area contributed by atoms with Gasteiger partial charge in [0.25, 0.3) is 0 Å². The second-order valence-corrected chi connectivity index (χ2v) is 9.81. The molecule has 2 saturated carbocycles. The molecule has 1 aromatic rings. The maximum atomic E-state index is 14.1. The van der Waals surface area contributed by atoms with Gasteiger partial charge >= 0.3 is 0 Å². The minimum absolute atomic E-state index is 0.120. The first-order valence-electron chi connectivity index (χ1n) is 9.31. The third-order valence-corrected chi connectivity index (χ3v) is 8.52. The van der Waals surface area contributed by atoms with Crippen LogP contribution < -0.4 is 4.90 Å². The Morgan fingerprint density at radius 1 is 1.35 bits per heavy atom. The lowest BCUT2D eigenvalue weighted by Gasteiger charge is -2.39. The topological polar surface area (TPSA) is 36.4 Å². The summed E-state index contributed by atoms with van der Waals surface area (Å²) in [6.07, 6.45) is 4.48. The number of piperazine rings is 1. The highest BCUT2D eigenvalue weighted by atomic mass is 35.5. The van der Waals surface area contributed by atoms with Crippen molar-refractivity contribution in [3.63, 3.8) is 0 Å². The Kier molecular flexibility index (Phi) is 4.73. The minimum atomic E-state index is -0.368. The molecule has 1 saturated heterocycles. The van der Waals surface area contributed by atoms with E-state index in [-0.39, 0.29) is 16.6 Å². The zero-order valence-electron chi connectivity index (χ0n) is 15.3. The average molecular weight is 398 g/mol. The lowest BCUT2D eigenvalue weighted by Crippen LogP contribution is -2.46. The molecule has 1 aliphatic heterocycles. The fourth-order valence-corrected chi connectivity index (χ4v) is 6.63. The standard InChI is InChI=1S/C19H25ClFN3OS/c1-18(2)13-3-4-19(18,16(25)9-13)12-26-24-7-5-23(6-8-24)17-15(21)10-14(20)11-22-17/h10-11,13H,3-9,12H2,1-2H3/t13-,19-/m1/s1. The number of halogens is 2. The van der Waals surface area contributed by atoms with Crippen LogP contribution in [0.25, 0.3) is 0 Å². The van der Waals surface area contributed by atoms with Crippen molar-refractivity contribution in [2.45, 2.75) is 33.1 Å². The number of carbonyl (C=O) groups excluding carboxylic acids is 1. The highest BCUT2D eigenvalue weighted by Gasteiger charge is 2.63. The fraction of sp³-hybridized carbons (Fsp3) is 0.684. The maximum Gasteiger partial charge on any atom is 0.167 e. The summed E-state index contributed by atoms with van der Waals surface area (Å²) in [5, 5.41) is 0.318. The molecule has 4 rings (SSSR count). The van der Waals surface area contributed by atoms with Crippen molar-refractivity contribution in [3.05, 3.63) is 23.1 Å². The normalized spacial score (nSPS) is 31.0. The van der Waals surface area contributed by atoms with Crippen molar-refractivity contribution >= 4 is 35.1 Å². The first-order valence-corrected chi connectivity index (χ1v) is 10.6. The molecule has 1 aromatic heterocycles. The van der Waals surface area contributed by atoms with Gasteiger partial charge in [-0.3, -0.25) is 4.79 Å². The Bertz CT molecular complexity index is 723. The molecule has 7 heteroatoms. The van der Waals surface area contributed by atoms with Crippen molar-refractivity contribution in [2.75, 3.05) is 36.8 Å². The molecule has 142 valence electrons. The van der Waals surface area contributed by atoms with E-state index < -0.39 is 0 Å². The Morgan fingerprint density at radius 2 is 2.08 bits per heavy atom. The van der Waals surface area contributed by atoms with E-state index >= 15 is 0 Å². The van der Waals surface area contributed by atoms with Crippen molar-refractivity contribution in [3.8, 4) is 0 Å². The molecular weight excluding hydrogens is 373 g/mol. The summed E-state index contributed by atoms with van der Waals surface area (Å²) in [7, 11) is 0. The fourth-order valence-electron chi connectivity index (χ4n) is 4.98. The van der Waals surface area contributed by atoms with Crippen LogP contribution in [0.5, 0.6) is 0 Å². The highest BCUT2D eigenvalue weighted by molar-refractivity contribution is 7.97. The number of aromatic nitrogens is 1. The Balaban J connectivity index is 1.35. The lowest BCUT2D eigenvalue weighted by molar-refractivity contribution is -0.127. The van der Waals surface area contributed by atoms with Gasteiger partial charge < -0.3 is 4.90 Å². The van der Waals surface area contributed by atoms with E-state index in [1.165, 1.54) is 18.7 Å². The predicted molar refractivity (Wildman–Crippen MR) is 104 cm³/mol. The number of anilines is 1. The molecule has 0 radical (unpaired) electrons. The van der Waals surface area contributed by atoms with Crippen molar-refractivity contribution in [1.29, 1.82) is 0 Å². The van der Waals surface area contributed by atoms with Crippen LogP contribution in [0.4, 0.5) is 10.2 Å². The molecule has 0 aromatic carbocycles. The number of rotatable bonds is 4. The maximum absolute atomic E-state index is 14.1. The van der Waals surface area contributed by atoms with Crippen LogP contribution in [0, 0.1) is 22.6 Å². The van der Waals surface area contributed by atoms with Crippen molar-refractivity contribution in [1.82, 2.24) is 9.29 Å². The van der Waals surface area contributed by atoms with Gasteiger partial charge in [-0.1, -0.05) is 37.4 Å². The average Bonchev–Trinajstić information content (AvgIpc) is 2.95. The summed E-state index contributed by atoms with van der Waals surface area (Å²) < 4.78 is 16.4. The van der Waals surface area contributed by atoms with Gasteiger partial charge in [0, 0.05) is 50.0 Å². The predicted octanol–water partition coefficient (Wildman–Crippen LogP) is 4.04. The van der Waals surface area contributed by atoms with E-state index in [4.69, 9.17) is 11.6 Å². The first kappa shape index (κ1) is 18.5. The summed E-state index contributed by atoms with van der Waals surface area (Å²) in [4.78, 5) is 18.8. The zero-order chi connectivity index (χ0) is 18.5. The zero-order valence-corrected chi connectivity index (χ0v) is 16.9. The third kappa shape index (κ3) is 2.85. The number of hydrogen-bond donors (Lipinski definition) is 0. The number of carbonyl (C=O) groups is 1. The Morgan fingerprint density at radius 3 is 2.65 bits per heavy atom. The Hall–Kier alpha value is -0.850. The van der Waals surface area contributed by atoms with Crippen LogP contribution >= 0.6 is 23.5 Å². The largest absolute Gasteiger partial charge is 0.352 e. The molecule has 2 bridgehead atoms. The number of pyridine rings is 1. The number of fused-ring (bicyclic) bond motifs is 2. The molecule has 2 aliphatic carbocycles. The molecule has 0 unspecified atom stereocenters. The molecule has 0 amide bonds. The van der Waals surface area contributed by atoms with E-state index in [1.54, 1.807) is 11.9 Å². The van der Waals surface area contributed by atoms with Gasteiger partial charge in [0.05, 0.1) is 5.02 Å². The van der Waals surface area contributed by atoms with E-state index in [1.807, 2.05) is 4.90 Å². The van der Waals surface area contributed by atoms with E-state index in [9.17, 15) is 9.18 Å². The second-order valence-electron chi connectivity index (χ2n) is 8.32. The van der Waals surface area contributed by atoms with Gasteiger partial charge in [0.1, 0.15) is 5.78 Å². The number of nitrogens with zero attached hydrogens (tertiary/aromatic N) is 3. The first-order chi connectivity index (χ1) is 12.3. The molecule has 2 atom stereocenters. The Labute approximate surface area is 163 Å².